The summed E-state index contributed by atoms with van der Waals surface area (Å²) < 4.78 is 0. The Morgan fingerprint density at radius 2 is 1.58 bits per heavy atom. The molecule has 0 aromatic heterocycles. The second kappa shape index (κ2) is 10.3. The Morgan fingerprint density at radius 3 is 2.19 bits per heavy atom. The van der Waals surface area contributed by atoms with Crippen molar-refractivity contribution in [2.45, 2.75) is 25.8 Å². The van der Waals surface area contributed by atoms with Crippen molar-refractivity contribution >= 4 is 18.3 Å². The van der Waals surface area contributed by atoms with Crippen LogP contribution in [0.5, 0.6) is 0 Å². The van der Waals surface area contributed by atoms with Gasteiger partial charge in [-0.1, -0.05) is 48.5 Å². The van der Waals surface area contributed by atoms with Crippen LogP contribution in [-0.4, -0.2) is 42.4 Å². The summed E-state index contributed by atoms with van der Waals surface area (Å²) in [5.41, 5.74) is 2.18. The lowest BCUT2D eigenvalue weighted by Crippen LogP contribution is -2.35. The average molecular weight is 373 g/mol. The fraction of sp³-hybridized carbons (Fsp3) is 0.409. The molecule has 3 rings (SSSR count). The number of hydrogen-bond acceptors (Lipinski definition) is 2. The zero-order chi connectivity index (χ0) is 17.5. The third-order valence-corrected chi connectivity index (χ3v) is 5.20. The highest BCUT2D eigenvalue weighted by Gasteiger charge is 2.20. The van der Waals surface area contributed by atoms with E-state index in [1.165, 1.54) is 18.4 Å². The Kier molecular flexibility index (Phi) is 8.14. The Bertz CT molecular complexity index is 654. The molecule has 3 nitrogen and oxygen atoms in total. The molecule has 2 aromatic carbocycles. The van der Waals surface area contributed by atoms with Crippen LogP contribution in [0, 0.1) is 5.92 Å². The molecule has 1 aliphatic heterocycles. The molecule has 0 atom stereocenters. The van der Waals surface area contributed by atoms with Crippen LogP contribution in [0.15, 0.2) is 60.7 Å². The van der Waals surface area contributed by atoms with Crippen molar-refractivity contribution in [2.24, 2.45) is 5.92 Å². The minimum Gasteiger partial charge on any atom is -0.342 e. The molecule has 4 heteroatoms. The number of halogens is 1. The van der Waals surface area contributed by atoms with Gasteiger partial charge in [-0.05, 0) is 56.0 Å². The fourth-order valence-electron chi connectivity index (χ4n) is 3.55. The predicted molar refractivity (Wildman–Crippen MR) is 110 cm³/mol. The molecule has 0 aliphatic carbocycles. The third kappa shape index (κ3) is 5.86. The molecule has 0 unspecified atom stereocenters. The van der Waals surface area contributed by atoms with E-state index < -0.39 is 0 Å². The molecular weight excluding hydrogens is 344 g/mol. The molecular formula is C22H29ClN2O. The van der Waals surface area contributed by atoms with Crippen molar-refractivity contribution < 1.29 is 4.79 Å². The highest BCUT2D eigenvalue weighted by molar-refractivity contribution is 5.93. The highest BCUT2D eigenvalue weighted by atomic mass is 35.5. The van der Waals surface area contributed by atoms with Crippen LogP contribution in [0.1, 0.15) is 35.2 Å². The van der Waals surface area contributed by atoms with Crippen LogP contribution >= 0.6 is 12.4 Å². The highest BCUT2D eigenvalue weighted by Crippen LogP contribution is 2.22. The molecule has 0 bridgehead atoms. The van der Waals surface area contributed by atoms with Gasteiger partial charge in [0.1, 0.15) is 0 Å². The molecule has 0 radical (unpaired) electrons. The summed E-state index contributed by atoms with van der Waals surface area (Å²) >= 11 is 0. The van der Waals surface area contributed by atoms with Crippen LogP contribution in [0.2, 0.25) is 0 Å². The standard InChI is InChI=1S/C22H28N2O.ClH/c1-23(22(25)21-10-6-3-7-11-21)15-12-19-13-16-24(17-14-19)18-20-8-4-2-5-9-20;/h2-11,19H,12-18H2,1H3;1H. The molecule has 1 fully saturated rings. The lowest BCUT2D eigenvalue weighted by Gasteiger charge is -2.32. The maximum atomic E-state index is 12.4. The summed E-state index contributed by atoms with van der Waals surface area (Å²) in [6, 6.07) is 20.3. The molecule has 0 N–H and O–H groups in total. The quantitative estimate of drug-likeness (QED) is 0.746. The zero-order valence-corrected chi connectivity index (χ0v) is 16.3. The maximum Gasteiger partial charge on any atom is 0.253 e. The van der Waals surface area contributed by atoms with Crippen LogP contribution in [0.25, 0.3) is 0 Å². The van der Waals surface area contributed by atoms with Gasteiger partial charge >= 0.3 is 0 Å². The first-order valence-corrected chi connectivity index (χ1v) is 9.29. The summed E-state index contributed by atoms with van der Waals surface area (Å²) in [6.45, 7) is 4.23. The van der Waals surface area contributed by atoms with Gasteiger partial charge in [0, 0.05) is 25.7 Å². The number of carbonyl (C=O) groups is 1. The summed E-state index contributed by atoms with van der Waals surface area (Å²) in [4.78, 5) is 16.8. The largest absolute Gasteiger partial charge is 0.342 e. The van der Waals surface area contributed by atoms with E-state index in [-0.39, 0.29) is 18.3 Å². The van der Waals surface area contributed by atoms with Gasteiger partial charge in [-0.2, -0.15) is 0 Å². The Labute approximate surface area is 163 Å². The topological polar surface area (TPSA) is 23.6 Å². The van der Waals surface area contributed by atoms with E-state index in [0.717, 1.165) is 44.1 Å². The Balaban J connectivity index is 0.00000243. The number of benzene rings is 2. The normalized spacial score (nSPS) is 15.3. The van der Waals surface area contributed by atoms with Gasteiger partial charge < -0.3 is 4.90 Å². The van der Waals surface area contributed by atoms with Crippen molar-refractivity contribution in [1.82, 2.24) is 9.80 Å². The average Bonchev–Trinajstić information content (AvgIpc) is 2.68. The minimum atomic E-state index is 0. The van der Waals surface area contributed by atoms with Gasteiger partial charge in [0.25, 0.3) is 5.91 Å². The number of carbonyl (C=O) groups excluding carboxylic acids is 1. The summed E-state index contributed by atoms with van der Waals surface area (Å²) in [5, 5.41) is 0. The molecule has 1 saturated heterocycles. The molecule has 2 aromatic rings. The van der Waals surface area contributed by atoms with Crippen LogP contribution in [-0.2, 0) is 6.54 Å². The van der Waals surface area contributed by atoms with Gasteiger partial charge in [-0.15, -0.1) is 12.4 Å². The van der Waals surface area contributed by atoms with Crippen molar-refractivity contribution in [3.63, 3.8) is 0 Å². The number of hydrogen-bond donors (Lipinski definition) is 0. The van der Waals surface area contributed by atoms with Gasteiger partial charge in [-0.3, -0.25) is 9.69 Å². The summed E-state index contributed by atoms with van der Waals surface area (Å²) in [5.74, 6) is 0.861. The lowest BCUT2D eigenvalue weighted by atomic mass is 9.93. The first-order chi connectivity index (χ1) is 12.2. The number of nitrogens with zero attached hydrogens (tertiary/aromatic N) is 2. The second-order valence-electron chi connectivity index (χ2n) is 7.09. The molecule has 0 saturated carbocycles. The van der Waals surface area contributed by atoms with Gasteiger partial charge in [0.2, 0.25) is 0 Å². The van der Waals surface area contributed by atoms with Gasteiger partial charge in [0.15, 0.2) is 0 Å². The van der Waals surface area contributed by atoms with Crippen molar-refractivity contribution in [3.8, 4) is 0 Å². The second-order valence-corrected chi connectivity index (χ2v) is 7.09. The minimum absolute atomic E-state index is 0. The summed E-state index contributed by atoms with van der Waals surface area (Å²) in [7, 11) is 1.92. The SMILES string of the molecule is CN(CCC1CCN(Cc2ccccc2)CC1)C(=O)c1ccccc1.Cl. The van der Waals surface area contributed by atoms with E-state index in [2.05, 4.69) is 35.2 Å². The lowest BCUT2D eigenvalue weighted by molar-refractivity contribution is 0.0777. The van der Waals surface area contributed by atoms with E-state index in [1.807, 2.05) is 42.3 Å². The molecule has 26 heavy (non-hydrogen) atoms. The molecule has 1 amide bonds. The molecule has 0 spiro atoms. The van der Waals surface area contributed by atoms with Crippen molar-refractivity contribution in [1.29, 1.82) is 0 Å². The van der Waals surface area contributed by atoms with E-state index in [1.54, 1.807) is 0 Å². The van der Waals surface area contributed by atoms with E-state index in [4.69, 9.17) is 0 Å². The van der Waals surface area contributed by atoms with E-state index in [0.29, 0.717) is 0 Å². The smallest absolute Gasteiger partial charge is 0.253 e. The molecule has 1 heterocycles. The monoisotopic (exact) mass is 372 g/mol. The first kappa shape index (κ1) is 20.5. The van der Waals surface area contributed by atoms with E-state index >= 15 is 0 Å². The number of amides is 1. The van der Waals surface area contributed by atoms with Crippen molar-refractivity contribution in [2.75, 3.05) is 26.7 Å². The maximum absolute atomic E-state index is 12.4. The molecule has 140 valence electrons. The van der Waals surface area contributed by atoms with E-state index in [9.17, 15) is 4.79 Å². The van der Waals surface area contributed by atoms with Gasteiger partial charge in [-0.25, -0.2) is 0 Å². The van der Waals surface area contributed by atoms with Crippen molar-refractivity contribution in [3.05, 3.63) is 71.8 Å². The Morgan fingerprint density at radius 1 is 1.00 bits per heavy atom. The van der Waals surface area contributed by atoms with Crippen LogP contribution in [0.4, 0.5) is 0 Å². The number of likely N-dealkylation sites (tertiary alicyclic amines) is 1. The fourth-order valence-corrected chi connectivity index (χ4v) is 3.55. The number of rotatable bonds is 6. The first-order valence-electron chi connectivity index (χ1n) is 9.29. The predicted octanol–water partition coefficient (Wildman–Crippen LogP) is 4.48. The van der Waals surface area contributed by atoms with Crippen LogP contribution in [0.3, 0.4) is 0 Å². The van der Waals surface area contributed by atoms with Gasteiger partial charge in [0.05, 0.1) is 0 Å². The molecule has 1 aliphatic rings. The Hall–Kier alpha value is -1.84. The zero-order valence-electron chi connectivity index (χ0n) is 15.5. The third-order valence-electron chi connectivity index (χ3n) is 5.20. The summed E-state index contributed by atoms with van der Waals surface area (Å²) in [6.07, 6.45) is 3.58. The van der Waals surface area contributed by atoms with Crippen LogP contribution < -0.4 is 0 Å². The number of piperidine rings is 1.